The van der Waals surface area contributed by atoms with Gasteiger partial charge in [0.2, 0.25) is 5.91 Å². The molecule has 184 valence electrons. The Hall–Kier alpha value is -3.32. The molecule has 0 aliphatic carbocycles. The first kappa shape index (κ1) is 24.8. The summed E-state index contributed by atoms with van der Waals surface area (Å²) in [4.78, 5) is 21.1. The number of carbonyl (C=O) groups excluding carboxylic acids is 1. The molecule has 3 aromatic rings. The van der Waals surface area contributed by atoms with Crippen LogP contribution in [0.2, 0.25) is 0 Å². The number of pyridine rings is 1. The zero-order valence-corrected chi connectivity index (χ0v) is 20.1. The maximum atomic E-state index is 13.9. The average molecular weight is 479 g/mol. The third kappa shape index (κ3) is 6.85. The van der Waals surface area contributed by atoms with Crippen molar-refractivity contribution in [2.45, 2.75) is 52.1 Å². The van der Waals surface area contributed by atoms with Gasteiger partial charge in [0.25, 0.3) is 0 Å². The van der Waals surface area contributed by atoms with Crippen molar-refractivity contribution in [2.75, 3.05) is 23.3 Å². The van der Waals surface area contributed by atoms with E-state index < -0.39 is 11.6 Å². The first-order valence-corrected chi connectivity index (χ1v) is 12.2. The smallest absolute Gasteiger partial charge is 0.223 e. The SMILES string of the molecule is CC(=O)N1CCCCCCCN(Cc2ccc(F)c(F)c2)Cc2cc(Nc3ccccn3)ccc21. The van der Waals surface area contributed by atoms with Crippen LogP contribution in [0.5, 0.6) is 0 Å². The van der Waals surface area contributed by atoms with E-state index >= 15 is 0 Å². The number of halogens is 2. The fourth-order valence-electron chi connectivity index (χ4n) is 4.57. The Kier molecular flexibility index (Phi) is 8.42. The molecule has 1 aromatic heterocycles. The van der Waals surface area contributed by atoms with Gasteiger partial charge in [0.05, 0.1) is 0 Å². The summed E-state index contributed by atoms with van der Waals surface area (Å²) in [5.41, 5.74) is 3.50. The molecule has 5 nitrogen and oxygen atoms in total. The number of hydrogen-bond donors (Lipinski definition) is 1. The fraction of sp³-hybridized carbons (Fsp3) is 0.357. The number of amides is 1. The summed E-state index contributed by atoms with van der Waals surface area (Å²) in [6.45, 7) is 4.19. The zero-order valence-electron chi connectivity index (χ0n) is 20.1. The molecule has 1 amide bonds. The summed E-state index contributed by atoms with van der Waals surface area (Å²) in [7, 11) is 0. The molecule has 1 N–H and O–H groups in total. The highest BCUT2D eigenvalue weighted by atomic mass is 19.2. The number of anilines is 3. The van der Waals surface area contributed by atoms with Crippen LogP contribution in [0.4, 0.5) is 26.0 Å². The van der Waals surface area contributed by atoms with Crippen molar-refractivity contribution in [2.24, 2.45) is 0 Å². The molecule has 0 atom stereocenters. The van der Waals surface area contributed by atoms with Crippen molar-refractivity contribution in [3.05, 3.63) is 83.6 Å². The van der Waals surface area contributed by atoms with E-state index in [1.165, 1.54) is 12.1 Å². The molecule has 1 aliphatic rings. The van der Waals surface area contributed by atoms with Gasteiger partial charge in [-0.05, 0) is 73.0 Å². The second-order valence-corrected chi connectivity index (χ2v) is 9.08. The molecule has 2 aromatic carbocycles. The van der Waals surface area contributed by atoms with E-state index in [-0.39, 0.29) is 5.91 Å². The fourth-order valence-corrected chi connectivity index (χ4v) is 4.57. The molecular formula is C28H32F2N4O. The Morgan fingerprint density at radius 3 is 2.49 bits per heavy atom. The van der Waals surface area contributed by atoms with Crippen molar-refractivity contribution >= 4 is 23.1 Å². The van der Waals surface area contributed by atoms with Gasteiger partial charge >= 0.3 is 0 Å². The number of aromatic nitrogens is 1. The minimum atomic E-state index is -0.838. The molecule has 4 rings (SSSR count). The standard InChI is InChI=1S/C28H32F2N4O/c1-21(35)34-16-8-4-2-3-7-15-33(19-22-10-12-25(29)26(30)17-22)20-23-18-24(11-13-27(23)34)32-28-9-5-6-14-31-28/h5-6,9-14,17-18H,2-4,7-8,15-16,19-20H2,1H3,(H,31,32). The maximum Gasteiger partial charge on any atom is 0.223 e. The van der Waals surface area contributed by atoms with Gasteiger partial charge in [-0.3, -0.25) is 9.69 Å². The van der Waals surface area contributed by atoms with Crippen LogP contribution in [0.25, 0.3) is 0 Å². The van der Waals surface area contributed by atoms with E-state index in [2.05, 4.69) is 21.3 Å². The minimum Gasteiger partial charge on any atom is -0.340 e. The number of fused-ring (bicyclic) bond motifs is 1. The highest BCUT2D eigenvalue weighted by molar-refractivity contribution is 5.92. The molecule has 0 spiro atoms. The molecule has 0 unspecified atom stereocenters. The van der Waals surface area contributed by atoms with E-state index in [0.717, 1.165) is 67.0 Å². The van der Waals surface area contributed by atoms with Gasteiger partial charge in [-0.25, -0.2) is 13.8 Å². The van der Waals surface area contributed by atoms with E-state index in [1.807, 2.05) is 35.2 Å². The van der Waals surface area contributed by atoms with Gasteiger partial charge in [0.15, 0.2) is 11.6 Å². The first-order chi connectivity index (χ1) is 17.0. The number of hydrogen-bond acceptors (Lipinski definition) is 4. The topological polar surface area (TPSA) is 48.5 Å². The van der Waals surface area contributed by atoms with Gasteiger partial charge in [-0.1, -0.05) is 31.4 Å². The predicted molar refractivity (Wildman–Crippen MR) is 136 cm³/mol. The Bertz CT molecular complexity index is 1140. The number of carbonyl (C=O) groups is 1. The second-order valence-electron chi connectivity index (χ2n) is 9.08. The molecule has 0 fully saturated rings. The van der Waals surface area contributed by atoms with E-state index in [0.29, 0.717) is 19.6 Å². The Labute approximate surface area is 205 Å². The number of nitrogens with zero attached hydrogens (tertiary/aromatic N) is 3. The highest BCUT2D eigenvalue weighted by Crippen LogP contribution is 2.29. The molecule has 1 aliphatic heterocycles. The van der Waals surface area contributed by atoms with Gasteiger partial charge in [-0.15, -0.1) is 0 Å². The van der Waals surface area contributed by atoms with Crippen LogP contribution >= 0.6 is 0 Å². The second kappa shape index (κ2) is 11.9. The van der Waals surface area contributed by atoms with Crippen LogP contribution in [0.15, 0.2) is 60.8 Å². The summed E-state index contributed by atoms with van der Waals surface area (Å²) in [5.74, 6) is -0.916. The van der Waals surface area contributed by atoms with Gasteiger partial charge in [0, 0.05) is 44.1 Å². The summed E-state index contributed by atoms with van der Waals surface area (Å²) >= 11 is 0. The third-order valence-corrected chi connectivity index (χ3v) is 6.33. The lowest BCUT2D eigenvalue weighted by molar-refractivity contribution is -0.116. The van der Waals surface area contributed by atoms with Crippen LogP contribution in [0, 0.1) is 11.6 Å². The molecule has 0 saturated carbocycles. The van der Waals surface area contributed by atoms with Crippen LogP contribution in [0.1, 0.15) is 50.2 Å². The molecule has 7 heteroatoms. The van der Waals surface area contributed by atoms with Crippen LogP contribution in [-0.2, 0) is 17.9 Å². The van der Waals surface area contributed by atoms with E-state index in [1.54, 1.807) is 19.2 Å². The Balaban J connectivity index is 1.67. The summed E-state index contributed by atoms with van der Waals surface area (Å²) < 4.78 is 27.4. The lowest BCUT2D eigenvalue weighted by Gasteiger charge is -2.29. The molecule has 0 radical (unpaired) electrons. The van der Waals surface area contributed by atoms with Crippen LogP contribution < -0.4 is 10.2 Å². The number of benzene rings is 2. The first-order valence-electron chi connectivity index (χ1n) is 12.2. The van der Waals surface area contributed by atoms with Crippen LogP contribution in [-0.4, -0.2) is 28.9 Å². The molecule has 35 heavy (non-hydrogen) atoms. The van der Waals surface area contributed by atoms with Crippen LogP contribution in [0.3, 0.4) is 0 Å². The predicted octanol–water partition coefficient (Wildman–Crippen LogP) is 6.42. The lowest BCUT2D eigenvalue weighted by Crippen LogP contribution is -2.32. The van der Waals surface area contributed by atoms with Gasteiger partial charge in [0.1, 0.15) is 5.82 Å². The molecular weight excluding hydrogens is 446 g/mol. The maximum absolute atomic E-state index is 13.9. The molecule has 0 bridgehead atoms. The largest absolute Gasteiger partial charge is 0.340 e. The van der Waals surface area contributed by atoms with Crippen molar-refractivity contribution < 1.29 is 13.6 Å². The zero-order chi connectivity index (χ0) is 24.6. The summed E-state index contributed by atoms with van der Waals surface area (Å²) in [5, 5.41) is 3.34. The van der Waals surface area contributed by atoms with Crippen molar-refractivity contribution in [1.29, 1.82) is 0 Å². The third-order valence-electron chi connectivity index (χ3n) is 6.33. The van der Waals surface area contributed by atoms with E-state index in [4.69, 9.17) is 0 Å². The Morgan fingerprint density at radius 2 is 1.74 bits per heavy atom. The monoisotopic (exact) mass is 478 g/mol. The average Bonchev–Trinajstić information content (AvgIpc) is 2.83. The van der Waals surface area contributed by atoms with Gasteiger partial charge in [-0.2, -0.15) is 0 Å². The number of rotatable bonds is 4. The van der Waals surface area contributed by atoms with Crippen molar-refractivity contribution in [3.63, 3.8) is 0 Å². The Morgan fingerprint density at radius 1 is 0.943 bits per heavy atom. The normalized spacial score (nSPS) is 15.6. The summed E-state index contributed by atoms with van der Waals surface area (Å²) in [6.07, 6.45) is 7.01. The van der Waals surface area contributed by atoms with Crippen molar-refractivity contribution in [1.82, 2.24) is 9.88 Å². The molecule has 0 saturated heterocycles. The molecule has 2 heterocycles. The summed E-state index contributed by atoms with van der Waals surface area (Å²) in [6, 6.07) is 15.8. The van der Waals surface area contributed by atoms with Crippen molar-refractivity contribution in [3.8, 4) is 0 Å². The lowest BCUT2D eigenvalue weighted by atomic mass is 10.1. The van der Waals surface area contributed by atoms with Gasteiger partial charge < -0.3 is 10.2 Å². The highest BCUT2D eigenvalue weighted by Gasteiger charge is 2.19. The number of nitrogens with one attached hydrogen (secondary N) is 1. The minimum absolute atomic E-state index is 0.0147. The van der Waals surface area contributed by atoms with E-state index in [9.17, 15) is 13.6 Å². The quantitative estimate of drug-likeness (QED) is 0.470.